The van der Waals surface area contributed by atoms with Crippen LogP contribution in [0, 0.1) is 0 Å². The standard InChI is InChI=1S/C8H5F3N2O2/c9-8(10,11)7(15)5(4-14)6-3-12-1-2-13-6/h1-5H. The van der Waals surface area contributed by atoms with Gasteiger partial charge in [0.2, 0.25) is 0 Å². The van der Waals surface area contributed by atoms with Crippen molar-refractivity contribution in [2.45, 2.75) is 12.1 Å². The zero-order valence-electron chi connectivity index (χ0n) is 7.23. The number of aromatic nitrogens is 2. The van der Waals surface area contributed by atoms with Crippen LogP contribution < -0.4 is 0 Å². The van der Waals surface area contributed by atoms with E-state index in [-0.39, 0.29) is 12.0 Å². The highest BCUT2D eigenvalue weighted by molar-refractivity contribution is 6.01. The van der Waals surface area contributed by atoms with Crippen molar-refractivity contribution in [1.29, 1.82) is 0 Å². The fraction of sp³-hybridized carbons (Fsp3) is 0.250. The number of carbonyl (C=O) groups excluding carboxylic acids is 2. The molecule has 0 aliphatic carbocycles. The first-order valence-electron chi connectivity index (χ1n) is 3.79. The molecule has 80 valence electrons. The van der Waals surface area contributed by atoms with Crippen molar-refractivity contribution < 1.29 is 22.8 Å². The molecule has 1 unspecified atom stereocenters. The maximum absolute atomic E-state index is 12.0. The van der Waals surface area contributed by atoms with Crippen LogP contribution in [0.25, 0.3) is 0 Å². The summed E-state index contributed by atoms with van der Waals surface area (Å²) >= 11 is 0. The van der Waals surface area contributed by atoms with E-state index in [1.54, 1.807) is 0 Å². The molecule has 4 nitrogen and oxygen atoms in total. The minimum Gasteiger partial charge on any atom is -0.302 e. The summed E-state index contributed by atoms with van der Waals surface area (Å²) in [5.74, 6) is -4.07. The van der Waals surface area contributed by atoms with E-state index >= 15 is 0 Å². The van der Waals surface area contributed by atoms with Crippen molar-refractivity contribution in [2.24, 2.45) is 0 Å². The quantitative estimate of drug-likeness (QED) is 0.558. The van der Waals surface area contributed by atoms with Crippen LogP contribution in [-0.4, -0.2) is 28.2 Å². The second-order valence-corrected chi connectivity index (χ2v) is 2.61. The van der Waals surface area contributed by atoms with Gasteiger partial charge in [-0.15, -0.1) is 0 Å². The number of hydrogen-bond acceptors (Lipinski definition) is 4. The SMILES string of the molecule is O=CC(C(=O)C(F)(F)F)c1cnccn1. The molecular weight excluding hydrogens is 213 g/mol. The normalized spacial score (nSPS) is 13.3. The number of carbonyl (C=O) groups is 2. The molecule has 1 atom stereocenters. The molecule has 0 bridgehead atoms. The molecule has 0 saturated carbocycles. The molecule has 0 aliphatic rings. The summed E-state index contributed by atoms with van der Waals surface area (Å²) < 4.78 is 36.0. The number of aldehydes is 1. The molecule has 0 saturated heterocycles. The van der Waals surface area contributed by atoms with Crippen LogP contribution >= 0.6 is 0 Å². The Kier molecular flexibility index (Phi) is 3.13. The Morgan fingerprint density at radius 3 is 2.47 bits per heavy atom. The van der Waals surface area contributed by atoms with E-state index < -0.39 is 17.9 Å². The third-order valence-electron chi connectivity index (χ3n) is 1.60. The van der Waals surface area contributed by atoms with Crippen LogP contribution in [0.2, 0.25) is 0 Å². The molecule has 1 aromatic rings. The summed E-state index contributed by atoms with van der Waals surface area (Å²) in [4.78, 5) is 28.1. The van der Waals surface area contributed by atoms with Gasteiger partial charge in [0.25, 0.3) is 5.78 Å². The van der Waals surface area contributed by atoms with Crippen molar-refractivity contribution in [3.63, 3.8) is 0 Å². The number of alkyl halides is 3. The van der Waals surface area contributed by atoms with Gasteiger partial charge in [-0.05, 0) is 0 Å². The van der Waals surface area contributed by atoms with Gasteiger partial charge in [-0.3, -0.25) is 14.8 Å². The Labute approximate surface area is 82.2 Å². The Hall–Kier alpha value is -1.79. The van der Waals surface area contributed by atoms with E-state index in [1.165, 1.54) is 6.20 Å². The molecule has 0 N–H and O–H groups in total. The predicted molar refractivity (Wildman–Crippen MR) is 41.9 cm³/mol. The Balaban J connectivity index is 3.01. The maximum Gasteiger partial charge on any atom is 0.451 e. The number of rotatable bonds is 3. The molecule has 1 rings (SSSR count). The van der Waals surface area contributed by atoms with Crippen LogP contribution in [0.5, 0.6) is 0 Å². The minimum absolute atomic E-state index is 0.0974. The van der Waals surface area contributed by atoms with Crippen molar-refractivity contribution in [1.82, 2.24) is 9.97 Å². The average Bonchev–Trinajstić information content (AvgIpc) is 2.19. The van der Waals surface area contributed by atoms with Gasteiger partial charge in [-0.2, -0.15) is 13.2 Å². The highest BCUT2D eigenvalue weighted by Gasteiger charge is 2.44. The highest BCUT2D eigenvalue weighted by atomic mass is 19.4. The van der Waals surface area contributed by atoms with Crippen LogP contribution in [-0.2, 0) is 9.59 Å². The smallest absolute Gasteiger partial charge is 0.302 e. The summed E-state index contributed by atoms with van der Waals surface area (Å²) in [7, 11) is 0. The Morgan fingerprint density at radius 1 is 1.40 bits per heavy atom. The Bertz CT molecular complexity index is 364. The summed E-state index contributed by atoms with van der Waals surface area (Å²) in [5, 5.41) is 0. The highest BCUT2D eigenvalue weighted by Crippen LogP contribution is 2.24. The molecule has 0 spiro atoms. The minimum atomic E-state index is -5.05. The average molecular weight is 218 g/mol. The first-order chi connectivity index (χ1) is 6.96. The zero-order valence-corrected chi connectivity index (χ0v) is 7.23. The lowest BCUT2D eigenvalue weighted by molar-refractivity contribution is -0.172. The number of ketones is 1. The molecule has 1 aromatic heterocycles. The van der Waals surface area contributed by atoms with E-state index in [1.807, 2.05) is 0 Å². The van der Waals surface area contributed by atoms with Crippen LogP contribution in [0.4, 0.5) is 13.2 Å². The molecule has 0 fully saturated rings. The fourth-order valence-corrected chi connectivity index (χ4v) is 0.913. The van der Waals surface area contributed by atoms with Crippen molar-refractivity contribution in [3.8, 4) is 0 Å². The van der Waals surface area contributed by atoms with Gasteiger partial charge < -0.3 is 4.79 Å². The maximum atomic E-state index is 12.0. The fourth-order valence-electron chi connectivity index (χ4n) is 0.913. The molecule has 0 radical (unpaired) electrons. The molecule has 1 heterocycles. The topological polar surface area (TPSA) is 59.9 Å². The summed E-state index contributed by atoms with van der Waals surface area (Å²) in [6, 6.07) is 0. The van der Waals surface area contributed by atoms with Gasteiger partial charge in [0.15, 0.2) is 0 Å². The first kappa shape index (κ1) is 11.3. The van der Waals surface area contributed by atoms with Gasteiger partial charge >= 0.3 is 6.18 Å². The van der Waals surface area contributed by atoms with Gasteiger partial charge in [0, 0.05) is 18.6 Å². The van der Waals surface area contributed by atoms with Gasteiger partial charge in [-0.1, -0.05) is 0 Å². The van der Waals surface area contributed by atoms with Crippen LogP contribution in [0.3, 0.4) is 0 Å². The molecule has 0 amide bonds. The van der Waals surface area contributed by atoms with Gasteiger partial charge in [0.1, 0.15) is 12.2 Å². The van der Waals surface area contributed by atoms with Crippen LogP contribution in [0.1, 0.15) is 11.6 Å². The lowest BCUT2D eigenvalue weighted by atomic mass is 10.0. The second-order valence-electron chi connectivity index (χ2n) is 2.61. The molecule has 0 aromatic carbocycles. The summed E-state index contributed by atoms with van der Waals surface area (Å²) in [6.45, 7) is 0. The monoisotopic (exact) mass is 218 g/mol. The number of halogens is 3. The number of Topliss-reactive ketones (excluding diaryl/α,β-unsaturated/α-hetero) is 1. The lowest BCUT2D eigenvalue weighted by Gasteiger charge is -2.10. The van der Waals surface area contributed by atoms with E-state index in [0.29, 0.717) is 0 Å². The van der Waals surface area contributed by atoms with E-state index in [9.17, 15) is 22.8 Å². The van der Waals surface area contributed by atoms with Crippen molar-refractivity contribution in [3.05, 3.63) is 24.3 Å². The zero-order chi connectivity index (χ0) is 11.5. The van der Waals surface area contributed by atoms with E-state index in [0.717, 1.165) is 12.4 Å². The predicted octanol–water partition coefficient (Wildman–Crippen LogP) is 0.891. The molecule has 7 heteroatoms. The molecule has 0 aliphatic heterocycles. The van der Waals surface area contributed by atoms with Crippen molar-refractivity contribution >= 4 is 12.1 Å². The molecular formula is C8H5F3N2O2. The largest absolute Gasteiger partial charge is 0.451 e. The van der Waals surface area contributed by atoms with Gasteiger partial charge in [0.05, 0.1) is 5.69 Å². The summed E-state index contributed by atoms with van der Waals surface area (Å²) in [5.41, 5.74) is -0.310. The Morgan fingerprint density at radius 2 is 2.07 bits per heavy atom. The molecule has 15 heavy (non-hydrogen) atoms. The van der Waals surface area contributed by atoms with E-state index in [4.69, 9.17) is 0 Å². The third kappa shape index (κ3) is 2.58. The third-order valence-corrected chi connectivity index (χ3v) is 1.60. The number of nitrogens with zero attached hydrogens (tertiary/aromatic N) is 2. The first-order valence-corrected chi connectivity index (χ1v) is 3.79. The summed E-state index contributed by atoms with van der Waals surface area (Å²) in [6.07, 6.45) is -1.87. The second kappa shape index (κ2) is 4.16. The lowest BCUT2D eigenvalue weighted by Crippen LogP contribution is -2.30. The van der Waals surface area contributed by atoms with Gasteiger partial charge in [-0.25, -0.2) is 0 Å². The number of hydrogen-bond donors (Lipinski definition) is 0. The van der Waals surface area contributed by atoms with Crippen LogP contribution in [0.15, 0.2) is 18.6 Å². The van der Waals surface area contributed by atoms with E-state index in [2.05, 4.69) is 9.97 Å². The van der Waals surface area contributed by atoms with Crippen molar-refractivity contribution in [2.75, 3.05) is 0 Å².